The minimum atomic E-state index is -0.0550. The molecule has 0 saturated carbocycles. The van der Waals surface area contributed by atoms with Crippen molar-refractivity contribution >= 4 is 43.3 Å². The number of hydrogen-bond donors (Lipinski definition) is 0. The van der Waals surface area contributed by atoms with Crippen LogP contribution in [0.25, 0.3) is 0 Å². The van der Waals surface area contributed by atoms with Crippen LogP contribution in [0.4, 0.5) is 0 Å². The van der Waals surface area contributed by atoms with E-state index >= 15 is 0 Å². The zero-order valence-corrected chi connectivity index (χ0v) is 14.4. The summed E-state index contributed by atoms with van der Waals surface area (Å²) in [4.78, 5) is 0. The third-order valence-corrected chi connectivity index (χ3v) is 43.5. The fraction of sp³-hybridized carbons (Fsp3) is 0. The molecule has 0 aromatic carbocycles. The molecule has 0 rings (SSSR count). The normalized spacial score (nSPS) is 5.00. The average Bonchev–Trinajstić information content (AvgIpc) is 1.61. The Morgan fingerprint density at radius 1 is 1.00 bits per heavy atom. The molecule has 6 heavy (non-hydrogen) atoms. The predicted octanol–water partition coefficient (Wildman–Crippen LogP) is 1.76. The van der Waals surface area contributed by atoms with E-state index in [9.17, 15) is 0 Å². The Balaban J connectivity index is 3.79. The Morgan fingerprint density at radius 2 is 1.33 bits per heavy atom. The van der Waals surface area contributed by atoms with Gasteiger partial charge in [0.25, 0.3) is 0 Å². The van der Waals surface area contributed by atoms with E-state index in [0.717, 1.165) is 0 Å². The third kappa shape index (κ3) is 8.11. The standard InChI is InChI=1S/2HI.S2.2Y/c;;1-2;;/h2*1H;;;/q;;;2*+1/p-2. The molecule has 0 saturated heterocycles. The quantitative estimate of drug-likeness (QED) is 0.450. The summed E-state index contributed by atoms with van der Waals surface area (Å²) in [5.41, 5.74) is 0. The van der Waals surface area contributed by atoms with Crippen molar-refractivity contribution in [1.29, 1.82) is 0 Å². The van der Waals surface area contributed by atoms with E-state index in [2.05, 4.69) is 43.3 Å². The Morgan fingerprint density at radius 3 is 1.50 bits per heavy atom. The van der Waals surface area contributed by atoms with Gasteiger partial charge in [0, 0.05) is 0 Å². The summed E-state index contributed by atoms with van der Waals surface area (Å²) in [6.45, 7) is 0. The van der Waals surface area contributed by atoms with Gasteiger partial charge in [-0.05, 0) is 0 Å². The summed E-state index contributed by atoms with van der Waals surface area (Å²) in [6, 6.07) is 0. The molecule has 0 N–H and O–H groups in total. The van der Waals surface area contributed by atoms with Gasteiger partial charge < -0.3 is 0 Å². The molecule has 0 aliphatic heterocycles. The van der Waals surface area contributed by atoms with Crippen LogP contribution < -0.4 is 0 Å². The van der Waals surface area contributed by atoms with Crippen molar-refractivity contribution in [1.82, 2.24) is 0 Å². The molecule has 0 amide bonds. The summed E-state index contributed by atoms with van der Waals surface area (Å²) in [5, 5.41) is 4.36. The van der Waals surface area contributed by atoms with E-state index in [-0.39, 0.29) is 44.3 Å². The fourth-order valence-corrected chi connectivity index (χ4v) is 88.7. The second kappa shape index (κ2) is 9.11. The molecule has 0 aliphatic rings. The van der Waals surface area contributed by atoms with Crippen LogP contribution in [0.3, 0.4) is 0 Å². The van der Waals surface area contributed by atoms with Crippen molar-refractivity contribution in [2.24, 2.45) is 0 Å². The summed E-state index contributed by atoms with van der Waals surface area (Å²) in [7, 11) is 0. The number of hydrogen-bond acceptors (Lipinski definition) is 0. The molecule has 0 heterocycles. The van der Waals surface area contributed by atoms with Crippen LogP contribution in [-0.2, 0) is 54.8 Å². The van der Waals surface area contributed by atoms with E-state index in [1.54, 1.807) is 0 Å². The Bertz CT molecular complexity index is 92.7. The van der Waals surface area contributed by atoms with Gasteiger partial charge >= 0.3 is 87.5 Å². The molecular weight excluding hydrogens is 496 g/mol. The third-order valence-electron chi connectivity index (χ3n) is 0.128. The van der Waals surface area contributed by atoms with Gasteiger partial charge in [-0.1, -0.05) is 0 Å². The van der Waals surface area contributed by atoms with Crippen molar-refractivity contribution in [3.8, 4) is 0 Å². The predicted molar refractivity (Wildman–Crippen MR) is 42.8 cm³/mol. The first-order valence-corrected chi connectivity index (χ1v) is 27.2. The van der Waals surface area contributed by atoms with Gasteiger partial charge in [-0.3, -0.25) is 0 Å². The fourth-order valence-electron chi connectivity index (χ4n) is 0.0420. The van der Waals surface area contributed by atoms with Crippen LogP contribution in [0.15, 0.2) is 0 Å². The van der Waals surface area contributed by atoms with Gasteiger partial charge in [-0.15, -0.1) is 0 Å². The molecule has 0 spiro atoms. The van der Waals surface area contributed by atoms with Gasteiger partial charge in [0.2, 0.25) is 0 Å². The van der Waals surface area contributed by atoms with Crippen molar-refractivity contribution in [2.45, 2.75) is 0 Å². The molecule has 0 aliphatic carbocycles. The van der Waals surface area contributed by atoms with Gasteiger partial charge in [0.05, 0.1) is 0 Å². The molecule has 0 fully saturated rings. The molecular formula is I2S2Y2. The Hall–Kier alpha value is 4.11. The molecule has 0 radical (unpaired) electrons. The maximum atomic E-state index is 2.57. The second-order valence-corrected chi connectivity index (χ2v) is 31.5. The van der Waals surface area contributed by atoms with E-state index in [1.165, 1.54) is 0 Å². The zero-order chi connectivity index (χ0) is 4.83. The first kappa shape index (κ1) is 10.1. The van der Waals surface area contributed by atoms with Crippen LogP contribution in [0.5, 0.6) is 0 Å². The first-order valence-electron chi connectivity index (χ1n) is 1.07. The molecule has 0 nitrogen and oxygen atoms in total. The van der Waals surface area contributed by atoms with Crippen molar-refractivity contribution in [3.63, 3.8) is 0 Å². The van der Waals surface area contributed by atoms with Gasteiger partial charge in [0.15, 0.2) is 0 Å². The van der Waals surface area contributed by atoms with Crippen LogP contribution >= 0.6 is 32.7 Å². The van der Waals surface area contributed by atoms with E-state index in [4.69, 9.17) is 0 Å². The summed E-state index contributed by atoms with van der Waals surface area (Å²) >= 11 is 5.03. The molecule has 0 bridgehead atoms. The van der Waals surface area contributed by atoms with Crippen molar-refractivity contribution < 1.29 is 44.3 Å². The van der Waals surface area contributed by atoms with Gasteiger partial charge in [-0.25, -0.2) is 0 Å². The van der Waals surface area contributed by atoms with Crippen LogP contribution in [0.2, 0.25) is 0 Å². The Kier molecular flexibility index (Phi) is 15.3. The van der Waals surface area contributed by atoms with Crippen LogP contribution in [0, 0.1) is 0 Å². The van der Waals surface area contributed by atoms with Crippen LogP contribution in [0.1, 0.15) is 0 Å². The summed E-state index contributed by atoms with van der Waals surface area (Å²) in [5.74, 6) is 0. The first-order chi connectivity index (χ1) is 2.91. The average molecular weight is 496 g/mol. The van der Waals surface area contributed by atoms with E-state index in [1.807, 2.05) is 0 Å². The van der Waals surface area contributed by atoms with Crippen LogP contribution in [-0.4, -0.2) is 0 Å². The van der Waals surface area contributed by atoms with Crippen molar-refractivity contribution in [2.75, 3.05) is 0 Å². The maximum absolute atomic E-state index is 2.57. The number of rotatable bonds is 0. The monoisotopic (exact) mass is 496 g/mol. The molecule has 6 heteroatoms. The van der Waals surface area contributed by atoms with E-state index < -0.39 is 0 Å². The Labute approximate surface area is 84.0 Å². The molecule has 0 aromatic rings. The minimum absolute atomic E-state index is 0.0550. The zero-order valence-electron chi connectivity index (χ0n) is 2.73. The summed E-state index contributed by atoms with van der Waals surface area (Å²) in [6.07, 6.45) is 0. The molecule has 32 valence electrons. The van der Waals surface area contributed by atoms with Gasteiger partial charge in [0.1, 0.15) is 0 Å². The second-order valence-electron chi connectivity index (χ2n) is 0.371. The SMILES string of the molecule is [I][Y]=[S]=[S]=[Y][I]. The summed E-state index contributed by atoms with van der Waals surface area (Å²) < 4.78 is 0. The van der Waals surface area contributed by atoms with E-state index in [0.29, 0.717) is 0 Å². The molecule has 0 atom stereocenters. The van der Waals surface area contributed by atoms with Crippen molar-refractivity contribution in [3.05, 3.63) is 0 Å². The van der Waals surface area contributed by atoms with Gasteiger partial charge in [-0.2, -0.15) is 0 Å². The molecule has 0 aromatic heterocycles. The molecule has 0 unspecified atom stereocenters. The topological polar surface area (TPSA) is 0 Å². The number of halogens is 2.